The zero-order valence-electron chi connectivity index (χ0n) is 16.3. The third kappa shape index (κ3) is 3.52. The Morgan fingerprint density at radius 2 is 1.93 bits per heavy atom. The number of piperidine rings is 1. The number of nitrogens with zero attached hydrogens (tertiary/aromatic N) is 3. The molecule has 0 radical (unpaired) electrons. The Morgan fingerprint density at radius 3 is 2.68 bits per heavy atom. The van der Waals surface area contributed by atoms with Gasteiger partial charge in [0.25, 0.3) is 5.91 Å². The van der Waals surface area contributed by atoms with Crippen LogP contribution in [0.1, 0.15) is 36.5 Å². The van der Waals surface area contributed by atoms with Crippen LogP contribution in [0.2, 0.25) is 0 Å². The number of rotatable bonds is 4. The van der Waals surface area contributed by atoms with Gasteiger partial charge in [0.2, 0.25) is 0 Å². The fourth-order valence-corrected chi connectivity index (χ4v) is 3.78. The number of carbonyl (C=O) groups excluding carboxylic acids is 1. The van der Waals surface area contributed by atoms with E-state index in [0.29, 0.717) is 11.3 Å². The molecule has 5 heteroatoms. The van der Waals surface area contributed by atoms with Crippen LogP contribution in [-0.2, 0) is 0 Å². The number of hydrogen-bond donors (Lipinski definition) is 0. The second kappa shape index (κ2) is 7.89. The summed E-state index contributed by atoms with van der Waals surface area (Å²) in [5.41, 5.74) is 3.12. The summed E-state index contributed by atoms with van der Waals surface area (Å²) < 4.78 is 7.16. The topological polar surface area (TPSA) is 47.4 Å². The maximum absolute atomic E-state index is 13.4. The maximum atomic E-state index is 13.4. The Morgan fingerprint density at radius 1 is 1.11 bits per heavy atom. The molecule has 0 spiro atoms. The van der Waals surface area contributed by atoms with E-state index in [2.05, 4.69) is 6.92 Å². The first-order chi connectivity index (χ1) is 13.7. The Labute approximate surface area is 165 Å². The van der Waals surface area contributed by atoms with Crippen molar-refractivity contribution in [1.29, 1.82) is 0 Å². The van der Waals surface area contributed by atoms with Crippen molar-refractivity contribution < 1.29 is 9.53 Å². The predicted octanol–water partition coefficient (Wildman–Crippen LogP) is 4.56. The number of para-hydroxylation sites is 1. The van der Waals surface area contributed by atoms with E-state index in [1.165, 1.54) is 6.42 Å². The number of amides is 1. The number of hydrogen-bond acceptors (Lipinski definition) is 3. The lowest BCUT2D eigenvalue weighted by Crippen LogP contribution is -2.42. The van der Waals surface area contributed by atoms with Crippen molar-refractivity contribution in [3.05, 3.63) is 66.4 Å². The smallest absolute Gasteiger partial charge is 0.257 e. The molecule has 2 heterocycles. The van der Waals surface area contributed by atoms with Crippen molar-refractivity contribution in [3.8, 4) is 22.7 Å². The Bertz CT molecular complexity index is 965. The monoisotopic (exact) mass is 375 g/mol. The molecule has 1 amide bonds. The van der Waals surface area contributed by atoms with Gasteiger partial charge in [-0.2, -0.15) is 5.10 Å². The molecule has 1 fully saturated rings. The lowest BCUT2D eigenvalue weighted by atomic mass is 10.0. The van der Waals surface area contributed by atoms with Gasteiger partial charge in [-0.3, -0.25) is 4.79 Å². The highest BCUT2D eigenvalue weighted by Crippen LogP contribution is 2.29. The van der Waals surface area contributed by atoms with Crippen LogP contribution in [0.15, 0.2) is 60.8 Å². The van der Waals surface area contributed by atoms with Crippen molar-refractivity contribution in [2.24, 2.45) is 0 Å². The number of aromatic nitrogens is 2. The Balaban J connectivity index is 1.81. The van der Waals surface area contributed by atoms with E-state index in [0.717, 1.165) is 36.4 Å². The minimum Gasteiger partial charge on any atom is -0.497 e. The average molecular weight is 375 g/mol. The second-order valence-electron chi connectivity index (χ2n) is 7.25. The molecule has 2 aromatic carbocycles. The number of carbonyl (C=O) groups is 1. The molecule has 1 unspecified atom stereocenters. The zero-order valence-corrected chi connectivity index (χ0v) is 16.3. The van der Waals surface area contributed by atoms with Gasteiger partial charge in [-0.25, -0.2) is 4.68 Å². The minimum atomic E-state index is 0.0483. The van der Waals surface area contributed by atoms with E-state index >= 15 is 0 Å². The molecule has 1 aliphatic rings. The molecule has 28 heavy (non-hydrogen) atoms. The van der Waals surface area contributed by atoms with Crippen LogP contribution in [0.3, 0.4) is 0 Å². The highest BCUT2D eigenvalue weighted by atomic mass is 16.5. The van der Waals surface area contributed by atoms with Crippen molar-refractivity contribution >= 4 is 5.91 Å². The van der Waals surface area contributed by atoms with Crippen LogP contribution in [0, 0.1) is 0 Å². The summed E-state index contributed by atoms with van der Waals surface area (Å²) in [5, 5.41) is 4.78. The molecule has 5 nitrogen and oxygen atoms in total. The largest absolute Gasteiger partial charge is 0.497 e. The summed E-state index contributed by atoms with van der Waals surface area (Å²) in [4.78, 5) is 15.4. The molecular formula is C23H25N3O2. The van der Waals surface area contributed by atoms with Gasteiger partial charge in [-0.15, -0.1) is 0 Å². The van der Waals surface area contributed by atoms with E-state index in [4.69, 9.17) is 9.84 Å². The van der Waals surface area contributed by atoms with Gasteiger partial charge in [0, 0.05) is 24.3 Å². The number of ether oxygens (including phenoxy) is 1. The quantitative estimate of drug-likeness (QED) is 0.671. The lowest BCUT2D eigenvalue weighted by molar-refractivity contribution is 0.0636. The normalized spacial score (nSPS) is 16.8. The van der Waals surface area contributed by atoms with Crippen molar-refractivity contribution in [1.82, 2.24) is 14.7 Å². The average Bonchev–Trinajstić information content (AvgIpc) is 3.20. The molecular weight excluding hydrogens is 350 g/mol. The van der Waals surface area contributed by atoms with Crippen LogP contribution in [0.5, 0.6) is 5.75 Å². The van der Waals surface area contributed by atoms with Crippen LogP contribution < -0.4 is 4.74 Å². The van der Waals surface area contributed by atoms with E-state index in [-0.39, 0.29) is 11.9 Å². The van der Waals surface area contributed by atoms with Crippen LogP contribution in [0.25, 0.3) is 16.9 Å². The molecule has 0 N–H and O–H groups in total. The first kappa shape index (κ1) is 18.3. The second-order valence-corrected chi connectivity index (χ2v) is 7.25. The highest BCUT2D eigenvalue weighted by molar-refractivity contribution is 6.00. The first-order valence-corrected chi connectivity index (χ1v) is 9.78. The standard InChI is InChI=1S/C23H25N3O2/c1-17-9-6-7-14-25(17)23(27)21-16-26(19-11-4-3-5-12-19)24-22(21)18-10-8-13-20(15-18)28-2/h3-5,8,10-13,15-17H,6-7,9,14H2,1-2H3. The van der Waals surface area contributed by atoms with Crippen LogP contribution in [-0.4, -0.2) is 40.3 Å². The van der Waals surface area contributed by atoms with E-state index in [1.54, 1.807) is 11.8 Å². The molecule has 1 saturated heterocycles. The summed E-state index contributed by atoms with van der Waals surface area (Å²) in [6, 6.07) is 17.8. The maximum Gasteiger partial charge on any atom is 0.257 e. The molecule has 0 bridgehead atoms. The molecule has 0 aliphatic carbocycles. The molecule has 1 atom stereocenters. The minimum absolute atomic E-state index is 0.0483. The van der Waals surface area contributed by atoms with Crippen molar-refractivity contribution in [2.75, 3.05) is 13.7 Å². The molecule has 3 aromatic rings. The van der Waals surface area contributed by atoms with E-state index < -0.39 is 0 Å². The van der Waals surface area contributed by atoms with Crippen LogP contribution >= 0.6 is 0 Å². The molecule has 1 aliphatic heterocycles. The van der Waals surface area contributed by atoms with E-state index in [9.17, 15) is 4.79 Å². The van der Waals surface area contributed by atoms with Crippen molar-refractivity contribution in [3.63, 3.8) is 0 Å². The summed E-state index contributed by atoms with van der Waals surface area (Å²) in [7, 11) is 1.64. The Kier molecular flexibility index (Phi) is 5.15. The molecule has 4 rings (SSSR count). The van der Waals surface area contributed by atoms with Gasteiger partial charge in [-0.05, 0) is 50.5 Å². The summed E-state index contributed by atoms with van der Waals surface area (Å²) in [5.74, 6) is 0.795. The SMILES string of the molecule is COc1cccc(-c2nn(-c3ccccc3)cc2C(=O)N2CCCCC2C)c1. The van der Waals surface area contributed by atoms with Gasteiger partial charge in [-0.1, -0.05) is 30.3 Å². The molecule has 144 valence electrons. The summed E-state index contributed by atoms with van der Waals surface area (Å²) >= 11 is 0. The van der Waals surface area contributed by atoms with E-state index in [1.807, 2.05) is 65.7 Å². The first-order valence-electron chi connectivity index (χ1n) is 9.78. The molecule has 0 saturated carbocycles. The predicted molar refractivity (Wildman–Crippen MR) is 110 cm³/mol. The van der Waals surface area contributed by atoms with Gasteiger partial charge in [0.15, 0.2) is 0 Å². The number of benzene rings is 2. The third-order valence-electron chi connectivity index (χ3n) is 5.37. The van der Waals surface area contributed by atoms with Crippen molar-refractivity contribution in [2.45, 2.75) is 32.2 Å². The fraction of sp³-hybridized carbons (Fsp3) is 0.304. The van der Waals surface area contributed by atoms with Gasteiger partial charge in [0.05, 0.1) is 18.4 Å². The van der Waals surface area contributed by atoms with Gasteiger partial charge >= 0.3 is 0 Å². The fourth-order valence-electron chi connectivity index (χ4n) is 3.78. The zero-order chi connectivity index (χ0) is 19.5. The molecule has 1 aromatic heterocycles. The van der Waals surface area contributed by atoms with Gasteiger partial charge in [0.1, 0.15) is 11.4 Å². The lowest BCUT2D eigenvalue weighted by Gasteiger charge is -2.33. The Hall–Kier alpha value is -3.08. The number of methoxy groups -OCH3 is 1. The highest BCUT2D eigenvalue weighted by Gasteiger charge is 2.28. The third-order valence-corrected chi connectivity index (χ3v) is 5.37. The summed E-state index contributed by atoms with van der Waals surface area (Å²) in [6.07, 6.45) is 5.13. The van der Waals surface area contributed by atoms with Gasteiger partial charge < -0.3 is 9.64 Å². The number of likely N-dealkylation sites (tertiary alicyclic amines) is 1. The summed E-state index contributed by atoms with van der Waals surface area (Å²) in [6.45, 7) is 2.93. The van der Waals surface area contributed by atoms with Crippen LogP contribution in [0.4, 0.5) is 0 Å².